The van der Waals surface area contributed by atoms with E-state index in [1.165, 1.54) is 19.1 Å². The van der Waals surface area contributed by atoms with Gasteiger partial charge in [0.1, 0.15) is 6.61 Å². The van der Waals surface area contributed by atoms with Crippen molar-refractivity contribution in [2.75, 3.05) is 20.8 Å². The summed E-state index contributed by atoms with van der Waals surface area (Å²) in [5, 5.41) is 0. The smallest absolute Gasteiger partial charge is 0.410 e. The molecule has 152 valence electrons. The highest BCUT2D eigenvalue weighted by Gasteiger charge is 2.45. The fourth-order valence-corrected chi connectivity index (χ4v) is 3.57. The van der Waals surface area contributed by atoms with Crippen molar-refractivity contribution in [2.45, 2.75) is 19.1 Å². The molecule has 7 heteroatoms. The highest BCUT2D eigenvalue weighted by atomic mass is 16.6. The molecule has 0 spiro atoms. The van der Waals surface area contributed by atoms with Crippen LogP contribution in [0.1, 0.15) is 22.7 Å². The number of fused-ring (bicyclic) bond motifs is 1. The molecule has 1 aliphatic heterocycles. The lowest BCUT2D eigenvalue weighted by atomic mass is 9.84. The van der Waals surface area contributed by atoms with E-state index in [1.54, 1.807) is 12.1 Å². The van der Waals surface area contributed by atoms with E-state index in [-0.39, 0.29) is 6.61 Å². The van der Waals surface area contributed by atoms with Crippen molar-refractivity contribution in [1.82, 2.24) is 4.90 Å². The van der Waals surface area contributed by atoms with Crippen molar-refractivity contribution < 1.29 is 28.6 Å². The monoisotopic (exact) mass is 397 g/mol. The third-order valence-corrected chi connectivity index (χ3v) is 5.00. The molecular formula is C22H23NO6. The Kier molecular flexibility index (Phi) is 6.49. The van der Waals surface area contributed by atoms with Crippen LogP contribution in [-0.4, -0.2) is 43.7 Å². The average molecular weight is 397 g/mol. The van der Waals surface area contributed by atoms with Gasteiger partial charge in [-0.3, -0.25) is 14.5 Å². The predicted octanol–water partition coefficient (Wildman–Crippen LogP) is 2.88. The second kappa shape index (κ2) is 9.23. The van der Waals surface area contributed by atoms with Gasteiger partial charge in [0.15, 0.2) is 5.92 Å². The van der Waals surface area contributed by atoms with E-state index < -0.39 is 30.0 Å². The summed E-state index contributed by atoms with van der Waals surface area (Å²) in [4.78, 5) is 39.3. The molecule has 1 amide bonds. The Morgan fingerprint density at radius 3 is 2.24 bits per heavy atom. The number of methoxy groups -OCH3 is 2. The molecule has 1 unspecified atom stereocenters. The molecule has 2 aromatic carbocycles. The summed E-state index contributed by atoms with van der Waals surface area (Å²) in [6.07, 6.45) is -0.0199. The van der Waals surface area contributed by atoms with E-state index in [0.29, 0.717) is 18.5 Å². The average Bonchev–Trinajstić information content (AvgIpc) is 2.77. The number of ether oxygens (including phenoxy) is 3. The van der Waals surface area contributed by atoms with Crippen LogP contribution in [0.5, 0.6) is 0 Å². The number of carbonyl (C=O) groups excluding carboxylic acids is 3. The third-order valence-electron chi connectivity index (χ3n) is 5.00. The van der Waals surface area contributed by atoms with E-state index in [4.69, 9.17) is 14.2 Å². The Morgan fingerprint density at radius 2 is 1.59 bits per heavy atom. The number of esters is 2. The molecule has 0 aliphatic carbocycles. The molecule has 1 heterocycles. The molecule has 0 bridgehead atoms. The molecule has 7 nitrogen and oxygen atoms in total. The molecule has 0 fully saturated rings. The van der Waals surface area contributed by atoms with E-state index >= 15 is 0 Å². The topological polar surface area (TPSA) is 82.1 Å². The summed E-state index contributed by atoms with van der Waals surface area (Å²) >= 11 is 0. The van der Waals surface area contributed by atoms with Crippen LogP contribution in [0.4, 0.5) is 4.79 Å². The summed E-state index contributed by atoms with van der Waals surface area (Å²) < 4.78 is 15.2. The first kappa shape index (κ1) is 20.4. The van der Waals surface area contributed by atoms with E-state index in [0.717, 1.165) is 11.1 Å². The number of nitrogens with zero attached hydrogens (tertiary/aromatic N) is 1. The number of amides is 1. The van der Waals surface area contributed by atoms with Crippen LogP contribution in [0.15, 0.2) is 54.6 Å². The highest BCUT2D eigenvalue weighted by molar-refractivity contribution is 5.96. The molecule has 3 rings (SSSR count). The standard InChI is InChI=1S/C22H23NO6/c1-27-20(24)18(21(25)28-2)19-17-11-7-6-10-16(17)12-13-23(19)22(26)29-14-15-8-4-3-5-9-15/h3-11,18-19H,12-14H2,1-2H3. The maximum Gasteiger partial charge on any atom is 0.410 e. The molecule has 0 radical (unpaired) electrons. The minimum atomic E-state index is -1.31. The molecule has 1 aliphatic rings. The number of carbonyl (C=O) groups is 3. The lowest BCUT2D eigenvalue weighted by Crippen LogP contribution is -2.48. The van der Waals surface area contributed by atoms with Crippen LogP contribution in [-0.2, 0) is 36.8 Å². The van der Waals surface area contributed by atoms with Crippen LogP contribution < -0.4 is 0 Å². The summed E-state index contributed by atoms with van der Waals surface area (Å²) in [5.74, 6) is -2.84. The first-order valence-electron chi connectivity index (χ1n) is 9.27. The summed E-state index contributed by atoms with van der Waals surface area (Å²) in [7, 11) is 2.40. The van der Waals surface area contributed by atoms with Crippen molar-refractivity contribution in [3.05, 3.63) is 71.3 Å². The zero-order valence-electron chi connectivity index (χ0n) is 16.4. The molecule has 0 saturated carbocycles. The third kappa shape index (κ3) is 4.39. The molecule has 0 N–H and O–H groups in total. The van der Waals surface area contributed by atoms with Gasteiger partial charge in [-0.2, -0.15) is 0 Å². The molecule has 1 atom stereocenters. The zero-order chi connectivity index (χ0) is 20.8. The van der Waals surface area contributed by atoms with Gasteiger partial charge in [-0.15, -0.1) is 0 Å². The van der Waals surface area contributed by atoms with Gasteiger partial charge in [0.2, 0.25) is 0 Å². The lowest BCUT2D eigenvalue weighted by Gasteiger charge is -2.38. The summed E-state index contributed by atoms with van der Waals surface area (Å²) in [5.41, 5.74) is 2.51. The Morgan fingerprint density at radius 1 is 0.966 bits per heavy atom. The van der Waals surface area contributed by atoms with E-state index in [2.05, 4.69) is 0 Å². The van der Waals surface area contributed by atoms with Gasteiger partial charge in [-0.05, 0) is 23.1 Å². The van der Waals surface area contributed by atoms with Gasteiger partial charge in [0.25, 0.3) is 0 Å². The van der Waals surface area contributed by atoms with Gasteiger partial charge in [-0.25, -0.2) is 4.79 Å². The quantitative estimate of drug-likeness (QED) is 0.438. The Hall–Kier alpha value is -3.35. The van der Waals surface area contributed by atoms with Crippen LogP contribution in [0.3, 0.4) is 0 Å². The highest BCUT2D eigenvalue weighted by Crippen LogP contribution is 2.37. The van der Waals surface area contributed by atoms with Crippen molar-refractivity contribution >= 4 is 18.0 Å². The molecular weight excluding hydrogens is 374 g/mol. The van der Waals surface area contributed by atoms with Crippen LogP contribution in [0, 0.1) is 5.92 Å². The number of rotatable bonds is 5. The maximum absolute atomic E-state index is 12.9. The van der Waals surface area contributed by atoms with Gasteiger partial charge >= 0.3 is 18.0 Å². The van der Waals surface area contributed by atoms with Gasteiger partial charge in [0.05, 0.1) is 20.3 Å². The zero-order valence-corrected chi connectivity index (χ0v) is 16.4. The normalized spacial score (nSPS) is 15.4. The van der Waals surface area contributed by atoms with Crippen LogP contribution >= 0.6 is 0 Å². The summed E-state index contributed by atoms with van der Waals surface area (Å²) in [6, 6.07) is 15.8. The van der Waals surface area contributed by atoms with Crippen molar-refractivity contribution in [3.63, 3.8) is 0 Å². The fourth-order valence-electron chi connectivity index (χ4n) is 3.57. The van der Waals surface area contributed by atoms with Crippen LogP contribution in [0.25, 0.3) is 0 Å². The van der Waals surface area contributed by atoms with E-state index in [1.807, 2.05) is 42.5 Å². The second-order valence-electron chi connectivity index (χ2n) is 6.65. The van der Waals surface area contributed by atoms with Gasteiger partial charge in [-0.1, -0.05) is 54.6 Å². The summed E-state index contributed by atoms with van der Waals surface area (Å²) in [6.45, 7) is 0.394. The van der Waals surface area contributed by atoms with Gasteiger partial charge < -0.3 is 14.2 Å². The maximum atomic E-state index is 12.9. The minimum absolute atomic E-state index is 0.0889. The SMILES string of the molecule is COC(=O)C(C(=O)OC)C1c2ccccc2CCN1C(=O)OCc1ccccc1. The fraction of sp³-hybridized carbons (Fsp3) is 0.318. The van der Waals surface area contributed by atoms with Crippen molar-refractivity contribution in [1.29, 1.82) is 0 Å². The van der Waals surface area contributed by atoms with E-state index in [9.17, 15) is 14.4 Å². The van der Waals surface area contributed by atoms with Crippen LogP contribution in [0.2, 0.25) is 0 Å². The lowest BCUT2D eigenvalue weighted by molar-refractivity contribution is -0.162. The molecule has 0 aromatic heterocycles. The first-order valence-corrected chi connectivity index (χ1v) is 9.27. The number of hydrogen-bond acceptors (Lipinski definition) is 6. The predicted molar refractivity (Wildman–Crippen MR) is 104 cm³/mol. The largest absolute Gasteiger partial charge is 0.468 e. The minimum Gasteiger partial charge on any atom is -0.468 e. The first-order chi connectivity index (χ1) is 14.1. The Bertz CT molecular complexity index is 866. The molecule has 2 aromatic rings. The Labute approximate surface area is 169 Å². The number of benzene rings is 2. The van der Waals surface area contributed by atoms with Crippen molar-refractivity contribution in [3.8, 4) is 0 Å². The second-order valence-corrected chi connectivity index (χ2v) is 6.65. The van der Waals surface area contributed by atoms with Gasteiger partial charge in [0, 0.05) is 6.54 Å². The molecule has 29 heavy (non-hydrogen) atoms. The molecule has 0 saturated heterocycles. The van der Waals surface area contributed by atoms with Crippen molar-refractivity contribution in [2.24, 2.45) is 5.92 Å². The number of hydrogen-bond donors (Lipinski definition) is 0. The Balaban J connectivity index is 1.93.